The quantitative estimate of drug-likeness (QED) is 0.425. The monoisotopic (exact) mass is 329 g/mol. The van der Waals surface area contributed by atoms with E-state index in [2.05, 4.69) is 43.6 Å². The van der Waals surface area contributed by atoms with Gasteiger partial charge >= 0.3 is 0 Å². The minimum absolute atomic E-state index is 0.0590. The normalized spacial score (nSPS) is 17.6. The second kappa shape index (κ2) is 7.99. The maximum Gasteiger partial charge on any atom is 0.0487 e. The number of allylic oxidation sites excluding steroid dienone is 3. The molecule has 1 fully saturated rings. The first-order chi connectivity index (χ1) is 11.0. The Labute approximate surface area is 146 Å². The summed E-state index contributed by atoms with van der Waals surface area (Å²) in [4.78, 5) is 0. The molecular formula is C21H28ClN. The van der Waals surface area contributed by atoms with Crippen LogP contribution >= 0.6 is 11.6 Å². The van der Waals surface area contributed by atoms with E-state index in [1.807, 2.05) is 25.3 Å². The van der Waals surface area contributed by atoms with Gasteiger partial charge in [0, 0.05) is 16.1 Å². The van der Waals surface area contributed by atoms with Crippen LogP contribution in [0.2, 0.25) is 5.02 Å². The molecule has 1 aromatic rings. The SMILES string of the molecule is C=CCCC(C)(C/C=C(\C=C)c1c(Cl)cccc1C1CC1)NC. The molecule has 0 aromatic heterocycles. The summed E-state index contributed by atoms with van der Waals surface area (Å²) in [7, 11) is 2.02. The molecule has 0 heterocycles. The van der Waals surface area contributed by atoms with Crippen LogP contribution in [-0.2, 0) is 0 Å². The van der Waals surface area contributed by atoms with E-state index in [4.69, 9.17) is 11.6 Å². The third-order valence-electron chi connectivity index (χ3n) is 4.85. The van der Waals surface area contributed by atoms with Crippen LogP contribution in [0.25, 0.3) is 5.57 Å². The highest BCUT2D eigenvalue weighted by atomic mass is 35.5. The highest BCUT2D eigenvalue weighted by molar-refractivity contribution is 6.32. The highest BCUT2D eigenvalue weighted by Crippen LogP contribution is 2.45. The van der Waals surface area contributed by atoms with Gasteiger partial charge in [-0.05, 0) is 69.2 Å². The maximum absolute atomic E-state index is 6.52. The Morgan fingerprint density at radius 3 is 2.70 bits per heavy atom. The van der Waals surface area contributed by atoms with Crippen LogP contribution in [0.3, 0.4) is 0 Å². The van der Waals surface area contributed by atoms with Gasteiger partial charge in [0.05, 0.1) is 0 Å². The summed E-state index contributed by atoms with van der Waals surface area (Å²) in [5.74, 6) is 0.670. The fraction of sp³-hybridized carbons (Fsp3) is 0.429. The molecule has 1 aliphatic carbocycles. The van der Waals surface area contributed by atoms with Crippen molar-refractivity contribution in [2.45, 2.75) is 50.5 Å². The zero-order valence-corrected chi connectivity index (χ0v) is 15.1. The van der Waals surface area contributed by atoms with Gasteiger partial charge in [-0.15, -0.1) is 6.58 Å². The number of halogens is 1. The van der Waals surface area contributed by atoms with E-state index in [9.17, 15) is 0 Å². The van der Waals surface area contributed by atoms with Crippen LogP contribution in [0.5, 0.6) is 0 Å². The van der Waals surface area contributed by atoms with Gasteiger partial charge in [-0.2, -0.15) is 0 Å². The van der Waals surface area contributed by atoms with Crippen LogP contribution in [0.15, 0.2) is 49.6 Å². The molecule has 1 nitrogen and oxygen atoms in total. The molecule has 23 heavy (non-hydrogen) atoms. The average Bonchev–Trinajstić information content (AvgIpc) is 3.39. The molecule has 1 saturated carbocycles. The first-order valence-corrected chi connectivity index (χ1v) is 8.83. The molecule has 2 rings (SSSR count). The molecule has 0 aliphatic heterocycles. The highest BCUT2D eigenvalue weighted by Gasteiger charge is 2.28. The lowest BCUT2D eigenvalue weighted by molar-refractivity contribution is 0.364. The first kappa shape index (κ1) is 18.0. The van der Waals surface area contributed by atoms with Crippen molar-refractivity contribution in [2.24, 2.45) is 0 Å². The fourth-order valence-electron chi connectivity index (χ4n) is 2.95. The van der Waals surface area contributed by atoms with Gasteiger partial charge in [-0.3, -0.25) is 0 Å². The molecule has 1 unspecified atom stereocenters. The molecule has 1 aliphatic rings. The molecule has 0 radical (unpaired) electrons. The van der Waals surface area contributed by atoms with E-state index in [1.165, 1.54) is 24.0 Å². The average molecular weight is 330 g/mol. The molecule has 1 N–H and O–H groups in total. The van der Waals surface area contributed by atoms with E-state index >= 15 is 0 Å². The minimum Gasteiger partial charge on any atom is -0.314 e. The minimum atomic E-state index is 0.0590. The van der Waals surface area contributed by atoms with E-state index in [0.717, 1.165) is 29.9 Å². The topological polar surface area (TPSA) is 12.0 Å². The molecular weight excluding hydrogens is 302 g/mol. The van der Waals surface area contributed by atoms with Crippen molar-refractivity contribution in [1.29, 1.82) is 0 Å². The molecule has 0 spiro atoms. The van der Waals surface area contributed by atoms with E-state index in [0.29, 0.717) is 5.92 Å². The molecule has 124 valence electrons. The zero-order valence-electron chi connectivity index (χ0n) is 14.4. The summed E-state index contributed by atoms with van der Waals surface area (Å²) >= 11 is 6.52. The Morgan fingerprint density at radius 1 is 1.39 bits per heavy atom. The van der Waals surface area contributed by atoms with Crippen LogP contribution in [0.4, 0.5) is 0 Å². The predicted molar refractivity (Wildman–Crippen MR) is 103 cm³/mol. The van der Waals surface area contributed by atoms with Gasteiger partial charge < -0.3 is 5.32 Å². The van der Waals surface area contributed by atoms with Crippen LogP contribution in [0, 0.1) is 0 Å². The number of rotatable bonds is 9. The van der Waals surface area contributed by atoms with E-state index in [1.54, 1.807) is 0 Å². The Bertz CT molecular complexity index is 598. The molecule has 1 aromatic carbocycles. The van der Waals surface area contributed by atoms with Crippen molar-refractivity contribution in [1.82, 2.24) is 5.32 Å². The fourth-order valence-corrected chi connectivity index (χ4v) is 3.24. The van der Waals surface area contributed by atoms with Gasteiger partial charge in [-0.1, -0.05) is 48.5 Å². The Hall–Kier alpha value is -1.31. The third-order valence-corrected chi connectivity index (χ3v) is 5.16. The standard InChI is InChI=1S/C21H28ClN/c1-5-7-14-21(3,23-4)15-13-16(6-2)20-18(17-11-12-17)9-8-10-19(20)22/h5-6,8-10,13,17,23H,1-2,7,11-12,14-15H2,3-4H3/b16-13+. The van der Waals surface area contributed by atoms with Crippen LogP contribution in [0.1, 0.15) is 56.1 Å². The molecule has 0 saturated heterocycles. The Morgan fingerprint density at radius 2 is 2.13 bits per heavy atom. The number of nitrogens with one attached hydrogen (secondary N) is 1. The summed E-state index contributed by atoms with van der Waals surface area (Å²) in [5.41, 5.74) is 3.76. The van der Waals surface area contributed by atoms with Gasteiger partial charge in [0.1, 0.15) is 0 Å². The van der Waals surface area contributed by atoms with E-state index < -0.39 is 0 Å². The number of hydrogen-bond acceptors (Lipinski definition) is 1. The molecule has 2 heteroatoms. The van der Waals surface area contributed by atoms with Crippen molar-refractivity contribution < 1.29 is 0 Å². The Balaban J connectivity index is 2.29. The largest absolute Gasteiger partial charge is 0.314 e. The smallest absolute Gasteiger partial charge is 0.0487 e. The van der Waals surface area contributed by atoms with Crippen molar-refractivity contribution in [3.8, 4) is 0 Å². The number of hydrogen-bond donors (Lipinski definition) is 1. The third kappa shape index (κ3) is 4.59. The maximum atomic E-state index is 6.52. The lowest BCUT2D eigenvalue weighted by Gasteiger charge is -2.28. The van der Waals surface area contributed by atoms with Crippen molar-refractivity contribution in [2.75, 3.05) is 7.05 Å². The van der Waals surface area contributed by atoms with Gasteiger partial charge in [0.2, 0.25) is 0 Å². The second-order valence-electron chi connectivity index (χ2n) is 6.68. The summed E-state index contributed by atoms with van der Waals surface area (Å²) in [6.45, 7) is 10.1. The van der Waals surface area contributed by atoms with Gasteiger partial charge in [0.25, 0.3) is 0 Å². The van der Waals surface area contributed by atoms with Crippen LogP contribution < -0.4 is 5.32 Å². The number of benzene rings is 1. The molecule has 0 amide bonds. The first-order valence-electron chi connectivity index (χ1n) is 8.46. The van der Waals surface area contributed by atoms with Crippen molar-refractivity contribution in [3.05, 3.63) is 65.7 Å². The Kier molecular flexibility index (Phi) is 6.26. The van der Waals surface area contributed by atoms with Crippen LogP contribution in [-0.4, -0.2) is 12.6 Å². The van der Waals surface area contributed by atoms with Gasteiger partial charge in [-0.25, -0.2) is 0 Å². The van der Waals surface area contributed by atoms with Gasteiger partial charge in [0.15, 0.2) is 0 Å². The van der Waals surface area contributed by atoms with Crippen molar-refractivity contribution in [3.63, 3.8) is 0 Å². The zero-order chi connectivity index (χ0) is 16.9. The lowest BCUT2D eigenvalue weighted by atomic mass is 9.89. The predicted octanol–water partition coefficient (Wildman–Crippen LogP) is 6.12. The summed E-state index contributed by atoms with van der Waals surface area (Å²) in [6, 6.07) is 6.25. The molecule has 1 atom stereocenters. The summed E-state index contributed by atoms with van der Waals surface area (Å²) in [5, 5.41) is 4.28. The summed E-state index contributed by atoms with van der Waals surface area (Å²) < 4.78 is 0. The second-order valence-corrected chi connectivity index (χ2v) is 7.09. The van der Waals surface area contributed by atoms with Crippen molar-refractivity contribution >= 4 is 17.2 Å². The van der Waals surface area contributed by atoms with E-state index in [-0.39, 0.29) is 5.54 Å². The molecule has 0 bridgehead atoms. The lowest BCUT2D eigenvalue weighted by Crippen LogP contribution is -2.39. The summed E-state index contributed by atoms with van der Waals surface area (Å²) in [6.07, 6.45) is 11.7.